The van der Waals surface area contributed by atoms with Gasteiger partial charge < -0.3 is 19.7 Å². The van der Waals surface area contributed by atoms with Crippen molar-refractivity contribution in [3.63, 3.8) is 0 Å². The Hall–Kier alpha value is -2.35. The first kappa shape index (κ1) is 20.4. The normalized spacial score (nSPS) is 21.9. The van der Waals surface area contributed by atoms with E-state index in [1.165, 1.54) is 5.56 Å². The molecule has 3 heterocycles. The monoisotopic (exact) mass is 386 g/mol. The first-order valence-corrected chi connectivity index (χ1v) is 10.1. The fraction of sp³-hybridized carbons (Fsp3) is 0.650. The molecule has 0 bridgehead atoms. The molecule has 0 amide bonds. The van der Waals surface area contributed by atoms with Gasteiger partial charge in [-0.05, 0) is 33.4 Å². The molecule has 3 rings (SSSR count). The van der Waals surface area contributed by atoms with Gasteiger partial charge in [-0.25, -0.2) is 4.98 Å². The van der Waals surface area contributed by atoms with Gasteiger partial charge >= 0.3 is 0 Å². The molecule has 1 fully saturated rings. The van der Waals surface area contributed by atoms with Crippen molar-refractivity contribution in [2.24, 2.45) is 18.0 Å². The van der Waals surface area contributed by atoms with Crippen molar-refractivity contribution in [1.82, 2.24) is 34.4 Å². The molecule has 1 aliphatic heterocycles. The van der Waals surface area contributed by atoms with Crippen molar-refractivity contribution in [3.05, 3.63) is 36.7 Å². The molecule has 0 spiro atoms. The van der Waals surface area contributed by atoms with Crippen LogP contribution in [0.25, 0.3) is 0 Å². The van der Waals surface area contributed by atoms with Crippen molar-refractivity contribution in [2.45, 2.75) is 32.4 Å². The molecule has 154 valence electrons. The summed E-state index contributed by atoms with van der Waals surface area (Å²) in [5, 5.41) is 7.82. The van der Waals surface area contributed by atoms with Crippen molar-refractivity contribution in [1.29, 1.82) is 0 Å². The van der Waals surface area contributed by atoms with E-state index in [0.717, 1.165) is 32.0 Å². The zero-order chi connectivity index (χ0) is 20.1. The fourth-order valence-electron chi connectivity index (χ4n) is 3.87. The molecule has 3 atom stereocenters. The molecular weight excluding hydrogens is 352 g/mol. The molecule has 8 nitrogen and oxygen atoms in total. The molecule has 0 aliphatic carbocycles. The van der Waals surface area contributed by atoms with Gasteiger partial charge in [-0.1, -0.05) is 6.92 Å². The first-order chi connectivity index (χ1) is 13.5. The smallest absolute Gasteiger partial charge is 0.194 e. The maximum absolute atomic E-state index is 5.01. The van der Waals surface area contributed by atoms with Gasteiger partial charge in [0, 0.05) is 50.8 Å². The van der Waals surface area contributed by atoms with Crippen LogP contribution < -0.4 is 5.32 Å². The SMILES string of the molecule is CCNC(=NCC(c1cnn(C)c1)N(C)C)N1CCC(C)C(n2ccnc2)C1. The summed E-state index contributed by atoms with van der Waals surface area (Å²) in [6, 6.07) is 0.624. The lowest BCUT2D eigenvalue weighted by Crippen LogP contribution is -2.49. The molecule has 1 saturated heterocycles. The highest BCUT2D eigenvalue weighted by Gasteiger charge is 2.29. The minimum absolute atomic E-state index is 0.204. The standard InChI is InChI=1S/C20H34N8/c1-6-22-20(23-12-18(25(3)4)17-11-24-26(5)13-17)27-9-7-16(2)19(14-27)28-10-8-21-15-28/h8,10-11,13,15-16,18-19H,6-7,9,12,14H2,1-5H3,(H,22,23). The molecule has 8 heteroatoms. The zero-order valence-corrected chi connectivity index (χ0v) is 17.8. The number of aliphatic imine (C=N–C) groups is 1. The Morgan fingerprint density at radius 2 is 2.25 bits per heavy atom. The summed E-state index contributed by atoms with van der Waals surface area (Å²) in [6.07, 6.45) is 11.0. The molecule has 0 aromatic carbocycles. The Balaban J connectivity index is 1.76. The predicted octanol–water partition coefficient (Wildman–Crippen LogP) is 1.77. The van der Waals surface area contributed by atoms with Gasteiger partial charge in [0.05, 0.1) is 31.2 Å². The van der Waals surface area contributed by atoms with Crippen molar-refractivity contribution in [2.75, 3.05) is 40.3 Å². The number of imidazole rings is 1. The van der Waals surface area contributed by atoms with Crippen LogP contribution in [0.4, 0.5) is 0 Å². The Kier molecular flexibility index (Phi) is 6.72. The Labute approximate surface area is 168 Å². The third kappa shape index (κ3) is 4.73. The van der Waals surface area contributed by atoms with E-state index >= 15 is 0 Å². The van der Waals surface area contributed by atoms with E-state index in [1.807, 2.05) is 30.5 Å². The number of aryl methyl sites for hydroxylation is 1. The summed E-state index contributed by atoms with van der Waals surface area (Å²) in [5.41, 5.74) is 1.19. The van der Waals surface area contributed by atoms with Crippen LogP contribution in [0.5, 0.6) is 0 Å². The lowest BCUT2D eigenvalue weighted by atomic mass is 9.93. The second-order valence-corrected chi connectivity index (χ2v) is 7.91. The molecule has 28 heavy (non-hydrogen) atoms. The van der Waals surface area contributed by atoms with Gasteiger partial charge in [0.25, 0.3) is 0 Å². The lowest BCUT2D eigenvalue weighted by molar-refractivity contribution is 0.188. The predicted molar refractivity (Wildman–Crippen MR) is 112 cm³/mol. The minimum atomic E-state index is 0.204. The second-order valence-electron chi connectivity index (χ2n) is 7.91. The number of nitrogens with one attached hydrogen (secondary N) is 1. The lowest BCUT2D eigenvalue weighted by Gasteiger charge is -2.39. The number of likely N-dealkylation sites (N-methyl/N-ethyl adjacent to an activating group) is 1. The molecular formula is C20H34N8. The highest BCUT2D eigenvalue weighted by molar-refractivity contribution is 5.80. The highest BCUT2D eigenvalue weighted by atomic mass is 15.3. The summed E-state index contributed by atoms with van der Waals surface area (Å²) < 4.78 is 4.08. The van der Waals surface area contributed by atoms with E-state index in [1.54, 1.807) is 0 Å². The van der Waals surface area contributed by atoms with E-state index in [-0.39, 0.29) is 6.04 Å². The van der Waals surface area contributed by atoms with Crippen LogP contribution in [0.1, 0.15) is 37.9 Å². The average molecular weight is 387 g/mol. The van der Waals surface area contributed by atoms with E-state index in [4.69, 9.17) is 4.99 Å². The summed E-state index contributed by atoms with van der Waals surface area (Å²) in [5.74, 6) is 1.62. The molecule has 1 aliphatic rings. The number of hydrogen-bond donors (Lipinski definition) is 1. The molecule has 0 radical (unpaired) electrons. The van der Waals surface area contributed by atoms with Crippen molar-refractivity contribution >= 4 is 5.96 Å². The van der Waals surface area contributed by atoms with Crippen LogP contribution in [0.15, 0.2) is 36.1 Å². The second kappa shape index (κ2) is 9.23. The maximum atomic E-state index is 5.01. The van der Waals surface area contributed by atoms with Crippen LogP contribution in [0.2, 0.25) is 0 Å². The summed E-state index contributed by atoms with van der Waals surface area (Å²) in [6.45, 7) is 7.99. The van der Waals surface area contributed by atoms with Crippen molar-refractivity contribution in [3.8, 4) is 0 Å². The van der Waals surface area contributed by atoms with Gasteiger partial charge in [-0.2, -0.15) is 5.10 Å². The zero-order valence-electron chi connectivity index (χ0n) is 17.8. The highest BCUT2D eigenvalue weighted by Crippen LogP contribution is 2.27. The Morgan fingerprint density at radius 3 is 2.86 bits per heavy atom. The topological polar surface area (TPSA) is 66.5 Å². The van der Waals surface area contributed by atoms with E-state index < -0.39 is 0 Å². The summed E-state index contributed by atoms with van der Waals surface area (Å²) in [7, 11) is 6.14. The number of likely N-dealkylation sites (tertiary alicyclic amines) is 1. The number of piperidine rings is 1. The average Bonchev–Trinajstić information content (AvgIpc) is 3.33. The van der Waals surface area contributed by atoms with E-state index in [2.05, 4.69) is 70.1 Å². The third-order valence-electron chi connectivity index (χ3n) is 5.61. The van der Waals surface area contributed by atoms with Gasteiger partial charge in [0.15, 0.2) is 5.96 Å². The number of guanidine groups is 1. The number of rotatable bonds is 6. The van der Waals surface area contributed by atoms with Gasteiger partial charge in [0.1, 0.15) is 0 Å². The maximum Gasteiger partial charge on any atom is 0.194 e. The third-order valence-corrected chi connectivity index (χ3v) is 5.61. The number of hydrogen-bond acceptors (Lipinski definition) is 4. The Morgan fingerprint density at radius 1 is 1.43 bits per heavy atom. The van der Waals surface area contributed by atoms with Gasteiger partial charge in [-0.15, -0.1) is 0 Å². The fourth-order valence-corrected chi connectivity index (χ4v) is 3.87. The molecule has 1 N–H and O–H groups in total. The molecule has 2 aromatic rings. The number of aromatic nitrogens is 4. The number of nitrogens with zero attached hydrogens (tertiary/aromatic N) is 7. The van der Waals surface area contributed by atoms with Crippen LogP contribution in [0, 0.1) is 5.92 Å². The first-order valence-electron chi connectivity index (χ1n) is 10.1. The van der Waals surface area contributed by atoms with E-state index in [0.29, 0.717) is 18.5 Å². The summed E-state index contributed by atoms with van der Waals surface area (Å²) >= 11 is 0. The van der Waals surface area contributed by atoms with Crippen LogP contribution in [0.3, 0.4) is 0 Å². The quantitative estimate of drug-likeness (QED) is 0.605. The molecule has 3 unspecified atom stereocenters. The Bertz CT molecular complexity index is 748. The minimum Gasteiger partial charge on any atom is -0.357 e. The largest absolute Gasteiger partial charge is 0.357 e. The van der Waals surface area contributed by atoms with Gasteiger partial charge in [0.2, 0.25) is 0 Å². The molecule has 2 aromatic heterocycles. The molecule has 0 saturated carbocycles. The van der Waals surface area contributed by atoms with Crippen LogP contribution in [-0.4, -0.2) is 75.4 Å². The van der Waals surface area contributed by atoms with Crippen LogP contribution in [-0.2, 0) is 7.05 Å². The van der Waals surface area contributed by atoms with E-state index in [9.17, 15) is 0 Å². The summed E-state index contributed by atoms with van der Waals surface area (Å²) in [4.78, 5) is 13.8. The van der Waals surface area contributed by atoms with Crippen LogP contribution >= 0.6 is 0 Å². The van der Waals surface area contributed by atoms with Crippen molar-refractivity contribution < 1.29 is 0 Å². The van der Waals surface area contributed by atoms with Gasteiger partial charge in [-0.3, -0.25) is 9.67 Å².